The topological polar surface area (TPSA) is 125 Å². The average Bonchev–Trinajstić information content (AvgIpc) is 3.05. The van der Waals surface area contributed by atoms with Crippen LogP contribution in [0.3, 0.4) is 0 Å². The molecule has 0 saturated carbocycles. The van der Waals surface area contributed by atoms with Crippen LogP contribution in [0.1, 0.15) is 17.2 Å². The minimum absolute atomic E-state index is 0.676. The number of imidazole rings is 1. The molecule has 96 valence electrons. The van der Waals surface area contributed by atoms with Crippen molar-refractivity contribution in [3.8, 4) is 0 Å². The Balaban J connectivity index is 0.000000135. The van der Waals surface area contributed by atoms with E-state index in [1.54, 1.807) is 25.6 Å². The number of aryl methyl sites for hydroxylation is 3. The molecule has 0 amide bonds. The third-order valence-electron chi connectivity index (χ3n) is 1.62. The molecule has 3 rings (SSSR count). The lowest BCUT2D eigenvalue weighted by Gasteiger charge is -1.67. The molecule has 0 fully saturated rings. The van der Waals surface area contributed by atoms with Crippen LogP contribution in [0.4, 0.5) is 0 Å². The fourth-order valence-electron chi connectivity index (χ4n) is 0.796. The maximum atomic E-state index is 3.77. The highest BCUT2D eigenvalue weighted by molar-refractivity contribution is 4.87. The van der Waals surface area contributed by atoms with E-state index in [2.05, 4.69) is 46.0 Å². The van der Waals surface area contributed by atoms with Gasteiger partial charge in [0, 0.05) is 11.9 Å². The molecule has 9 nitrogen and oxygen atoms in total. The Bertz CT molecular complexity index is 405. The fourth-order valence-corrected chi connectivity index (χ4v) is 0.796. The van der Waals surface area contributed by atoms with Gasteiger partial charge in [-0.1, -0.05) is 5.21 Å². The van der Waals surface area contributed by atoms with Gasteiger partial charge >= 0.3 is 0 Å². The largest absolute Gasteiger partial charge is 0.349 e. The summed E-state index contributed by atoms with van der Waals surface area (Å²) in [5.74, 6) is 0.676. The molecule has 0 radical (unpaired) electrons. The average molecular weight is 249 g/mol. The van der Waals surface area contributed by atoms with Crippen molar-refractivity contribution in [3.05, 3.63) is 35.9 Å². The molecule has 0 bridgehead atoms. The van der Waals surface area contributed by atoms with Gasteiger partial charge in [-0.15, -0.1) is 10.2 Å². The first-order valence-corrected chi connectivity index (χ1v) is 5.16. The highest BCUT2D eigenvalue weighted by Crippen LogP contribution is 1.81. The van der Waals surface area contributed by atoms with Gasteiger partial charge in [-0.25, -0.2) is 4.98 Å². The van der Waals surface area contributed by atoms with Crippen molar-refractivity contribution >= 4 is 0 Å². The molecule has 0 unspecified atom stereocenters. The minimum atomic E-state index is 0.676. The van der Waals surface area contributed by atoms with Crippen LogP contribution in [0, 0.1) is 20.8 Å². The quantitative estimate of drug-likeness (QED) is 0.527. The van der Waals surface area contributed by atoms with Crippen molar-refractivity contribution in [1.29, 1.82) is 0 Å². The highest BCUT2D eigenvalue weighted by atomic mass is 15.5. The summed E-state index contributed by atoms with van der Waals surface area (Å²) in [7, 11) is 0. The van der Waals surface area contributed by atoms with E-state index in [-0.39, 0.29) is 0 Å². The molecule has 9 heteroatoms. The Morgan fingerprint density at radius 3 is 2.00 bits per heavy atom. The van der Waals surface area contributed by atoms with Crippen molar-refractivity contribution < 1.29 is 0 Å². The molecule has 3 N–H and O–H groups in total. The molecule has 0 saturated heterocycles. The Morgan fingerprint density at radius 2 is 1.83 bits per heavy atom. The van der Waals surface area contributed by atoms with Gasteiger partial charge in [0.05, 0.1) is 18.2 Å². The van der Waals surface area contributed by atoms with E-state index in [9.17, 15) is 0 Å². The number of tetrazole rings is 1. The van der Waals surface area contributed by atoms with Crippen molar-refractivity contribution in [1.82, 2.24) is 46.0 Å². The Labute approximate surface area is 103 Å². The van der Waals surface area contributed by atoms with E-state index in [4.69, 9.17) is 0 Å². The number of nitrogens with zero attached hydrogens (tertiary/aromatic N) is 6. The first-order valence-electron chi connectivity index (χ1n) is 5.16. The second kappa shape index (κ2) is 7.65. The predicted octanol–water partition coefficient (Wildman–Crippen LogP) is 0.339. The second-order valence-corrected chi connectivity index (χ2v) is 3.31. The van der Waals surface area contributed by atoms with Crippen LogP contribution in [0.5, 0.6) is 0 Å². The van der Waals surface area contributed by atoms with Crippen molar-refractivity contribution in [3.63, 3.8) is 0 Å². The summed E-state index contributed by atoms with van der Waals surface area (Å²) in [6.45, 7) is 5.61. The maximum Gasteiger partial charge on any atom is 0.171 e. The van der Waals surface area contributed by atoms with Gasteiger partial charge in [0.2, 0.25) is 0 Å². The number of H-pyrrole nitrogens is 3. The Kier molecular flexibility index (Phi) is 5.73. The zero-order valence-corrected chi connectivity index (χ0v) is 10.4. The third kappa shape index (κ3) is 6.10. The summed E-state index contributed by atoms with van der Waals surface area (Å²) in [4.78, 5) is 6.66. The van der Waals surface area contributed by atoms with Crippen LogP contribution in [-0.4, -0.2) is 46.0 Å². The summed E-state index contributed by atoms with van der Waals surface area (Å²) in [6, 6.07) is 0. The van der Waals surface area contributed by atoms with Crippen molar-refractivity contribution in [2.75, 3.05) is 0 Å². The molecule has 3 heterocycles. The van der Waals surface area contributed by atoms with E-state index >= 15 is 0 Å². The van der Waals surface area contributed by atoms with Crippen LogP contribution in [0.25, 0.3) is 0 Å². The summed E-state index contributed by atoms with van der Waals surface area (Å²) in [5, 5.41) is 22.4. The Hall–Kier alpha value is -2.58. The molecule has 0 aromatic carbocycles. The summed E-state index contributed by atoms with van der Waals surface area (Å²) in [6.07, 6.45) is 5.11. The van der Waals surface area contributed by atoms with Gasteiger partial charge in [-0.2, -0.15) is 20.6 Å². The van der Waals surface area contributed by atoms with Gasteiger partial charge in [-0.3, -0.25) is 0 Å². The molecule has 0 atom stereocenters. The molecule has 3 aromatic rings. The number of aromatic amines is 3. The lowest BCUT2D eigenvalue weighted by molar-refractivity contribution is 0.881. The van der Waals surface area contributed by atoms with E-state index in [0.29, 0.717) is 5.82 Å². The first kappa shape index (κ1) is 13.5. The standard InChI is InChI=1S/C4H6N2.C3H5N3.C2H4N4/c1-4-2-5-3-6-4;1-3-2-4-6-5-3;1-2-3-5-6-4-2/h2-3H,1H3,(H,5,6);2H,1H3,(H,4,5,6);1H3,(H,3,4,5,6). The molecule has 0 aliphatic rings. The smallest absolute Gasteiger partial charge is 0.171 e. The fraction of sp³-hybridized carbons (Fsp3) is 0.333. The summed E-state index contributed by atoms with van der Waals surface area (Å²) < 4.78 is 0. The number of rotatable bonds is 0. The van der Waals surface area contributed by atoms with Crippen LogP contribution < -0.4 is 0 Å². The van der Waals surface area contributed by atoms with Crippen molar-refractivity contribution in [2.45, 2.75) is 20.8 Å². The molecule has 0 aliphatic heterocycles. The van der Waals surface area contributed by atoms with Crippen LogP contribution >= 0.6 is 0 Å². The van der Waals surface area contributed by atoms with Crippen LogP contribution in [-0.2, 0) is 0 Å². The lowest BCUT2D eigenvalue weighted by atomic mass is 10.6. The number of hydrogen-bond acceptors (Lipinski definition) is 6. The second-order valence-electron chi connectivity index (χ2n) is 3.31. The Morgan fingerprint density at radius 1 is 1.00 bits per heavy atom. The SMILES string of the molecule is Cc1cn[nH]n1.Cc1cnc[nH]1.Cc1nn[nH]n1. The molecular weight excluding hydrogens is 234 g/mol. The molecule has 18 heavy (non-hydrogen) atoms. The van der Waals surface area contributed by atoms with Gasteiger partial charge in [0.15, 0.2) is 5.82 Å². The summed E-state index contributed by atoms with van der Waals surface area (Å²) in [5.41, 5.74) is 2.03. The van der Waals surface area contributed by atoms with Gasteiger partial charge in [0.1, 0.15) is 0 Å². The first-order chi connectivity index (χ1) is 8.68. The van der Waals surface area contributed by atoms with Crippen LogP contribution in [0.15, 0.2) is 18.7 Å². The van der Waals surface area contributed by atoms with E-state index < -0.39 is 0 Å². The van der Waals surface area contributed by atoms with Crippen LogP contribution in [0.2, 0.25) is 0 Å². The minimum Gasteiger partial charge on any atom is -0.349 e. The molecule has 0 aliphatic carbocycles. The van der Waals surface area contributed by atoms with Gasteiger partial charge in [-0.05, 0) is 20.8 Å². The maximum absolute atomic E-state index is 3.77. The predicted molar refractivity (Wildman–Crippen MR) is 63.4 cm³/mol. The highest BCUT2D eigenvalue weighted by Gasteiger charge is 1.78. The van der Waals surface area contributed by atoms with Gasteiger partial charge < -0.3 is 4.98 Å². The molecule has 3 aromatic heterocycles. The van der Waals surface area contributed by atoms with E-state index in [1.165, 1.54) is 0 Å². The number of hydrogen-bond donors (Lipinski definition) is 3. The molecular formula is C9H15N9. The zero-order valence-electron chi connectivity index (χ0n) is 10.4. The van der Waals surface area contributed by atoms with Gasteiger partial charge in [0.25, 0.3) is 0 Å². The van der Waals surface area contributed by atoms with E-state index in [0.717, 1.165) is 11.4 Å². The van der Waals surface area contributed by atoms with E-state index in [1.807, 2.05) is 13.8 Å². The normalized spacial score (nSPS) is 8.83. The number of nitrogens with one attached hydrogen (secondary N) is 3. The monoisotopic (exact) mass is 249 g/mol. The van der Waals surface area contributed by atoms with Crippen molar-refractivity contribution in [2.24, 2.45) is 0 Å². The number of aromatic nitrogens is 9. The third-order valence-corrected chi connectivity index (χ3v) is 1.62. The zero-order chi connectivity index (χ0) is 13.2. The lowest BCUT2D eigenvalue weighted by Crippen LogP contribution is -1.69. The molecule has 0 spiro atoms. The summed E-state index contributed by atoms with van der Waals surface area (Å²) >= 11 is 0.